The highest BCUT2D eigenvalue weighted by molar-refractivity contribution is 5.29. The summed E-state index contributed by atoms with van der Waals surface area (Å²) >= 11 is 0. The smallest absolute Gasteiger partial charge is 0.131 e. The molecule has 19 heavy (non-hydrogen) atoms. The largest absolute Gasteiger partial charge is 0.508 e. The van der Waals surface area contributed by atoms with Crippen molar-refractivity contribution in [1.29, 1.82) is 0 Å². The zero-order chi connectivity index (χ0) is 14.0. The summed E-state index contributed by atoms with van der Waals surface area (Å²) in [6, 6.07) is 5.13. The highest BCUT2D eigenvalue weighted by Crippen LogP contribution is 2.28. The minimum absolute atomic E-state index is 0.0141. The van der Waals surface area contributed by atoms with Crippen LogP contribution in [0.15, 0.2) is 18.2 Å². The Bertz CT molecular complexity index is 428. The van der Waals surface area contributed by atoms with Crippen LogP contribution in [0.4, 0.5) is 4.39 Å². The molecule has 1 heterocycles. The lowest BCUT2D eigenvalue weighted by Crippen LogP contribution is -2.42. The van der Waals surface area contributed by atoms with Crippen molar-refractivity contribution >= 4 is 0 Å². The average Bonchev–Trinajstić information content (AvgIpc) is 2.38. The molecule has 0 aliphatic carbocycles. The van der Waals surface area contributed by atoms with Crippen LogP contribution in [0.1, 0.15) is 31.4 Å². The zero-order valence-corrected chi connectivity index (χ0v) is 11.9. The summed E-state index contributed by atoms with van der Waals surface area (Å²) in [6.07, 6.45) is 2.24. The number of piperidine rings is 1. The number of rotatable bonds is 3. The van der Waals surface area contributed by atoms with E-state index in [1.807, 2.05) is 6.92 Å². The quantitative estimate of drug-likeness (QED) is 0.911. The molecular formula is C15H23FN2O. The number of halogens is 1. The summed E-state index contributed by atoms with van der Waals surface area (Å²) in [7, 11) is 4.23. The number of phenols is 1. The van der Waals surface area contributed by atoms with Crippen LogP contribution in [0.5, 0.6) is 5.75 Å². The molecular weight excluding hydrogens is 243 g/mol. The predicted octanol–water partition coefficient (Wildman–Crippen LogP) is 2.62. The molecule has 1 fully saturated rings. The molecule has 1 N–H and O–H groups in total. The summed E-state index contributed by atoms with van der Waals surface area (Å²) in [6.45, 7) is 4.01. The first-order valence-corrected chi connectivity index (χ1v) is 6.88. The number of nitrogens with zero attached hydrogens (tertiary/aromatic N) is 2. The van der Waals surface area contributed by atoms with Crippen LogP contribution >= 0.6 is 0 Å². The summed E-state index contributed by atoms with van der Waals surface area (Å²) in [4.78, 5) is 4.58. The fraction of sp³-hybridized carbons (Fsp3) is 0.600. The van der Waals surface area contributed by atoms with Crippen molar-refractivity contribution in [2.75, 3.05) is 27.2 Å². The van der Waals surface area contributed by atoms with Gasteiger partial charge in [0.15, 0.2) is 0 Å². The lowest BCUT2D eigenvalue weighted by atomic mass is 9.99. The van der Waals surface area contributed by atoms with Crippen molar-refractivity contribution in [2.24, 2.45) is 0 Å². The van der Waals surface area contributed by atoms with Gasteiger partial charge in [-0.05, 0) is 39.9 Å². The second-order valence-electron chi connectivity index (χ2n) is 5.61. The Morgan fingerprint density at radius 1 is 1.32 bits per heavy atom. The minimum Gasteiger partial charge on any atom is -0.508 e. The van der Waals surface area contributed by atoms with Crippen molar-refractivity contribution < 1.29 is 9.50 Å². The second-order valence-corrected chi connectivity index (χ2v) is 5.61. The Morgan fingerprint density at radius 3 is 2.47 bits per heavy atom. The zero-order valence-electron chi connectivity index (χ0n) is 11.9. The summed E-state index contributed by atoms with van der Waals surface area (Å²) in [5.74, 6) is -0.331. The van der Waals surface area contributed by atoms with E-state index in [0.29, 0.717) is 11.6 Å². The third kappa shape index (κ3) is 3.25. The Kier molecular flexibility index (Phi) is 4.42. The third-order valence-corrected chi connectivity index (χ3v) is 4.21. The van der Waals surface area contributed by atoms with E-state index < -0.39 is 0 Å². The number of aromatic hydroxyl groups is 1. The Labute approximate surface area is 114 Å². The first kappa shape index (κ1) is 14.3. The first-order chi connectivity index (χ1) is 8.99. The number of hydrogen-bond donors (Lipinski definition) is 1. The summed E-state index contributed by atoms with van der Waals surface area (Å²) < 4.78 is 13.9. The molecule has 106 valence electrons. The lowest BCUT2D eigenvalue weighted by Gasteiger charge is -2.38. The molecule has 1 aromatic carbocycles. The molecule has 3 nitrogen and oxygen atoms in total. The molecule has 1 saturated heterocycles. The molecule has 1 atom stereocenters. The van der Waals surface area contributed by atoms with E-state index in [1.54, 1.807) is 12.1 Å². The van der Waals surface area contributed by atoms with Crippen LogP contribution in [0.2, 0.25) is 0 Å². The molecule has 1 aliphatic heterocycles. The van der Waals surface area contributed by atoms with Gasteiger partial charge in [-0.2, -0.15) is 0 Å². The Morgan fingerprint density at radius 2 is 1.95 bits per heavy atom. The Balaban J connectivity index is 2.03. The van der Waals surface area contributed by atoms with E-state index in [9.17, 15) is 9.50 Å². The second kappa shape index (κ2) is 5.88. The molecule has 4 heteroatoms. The normalized spacial score (nSPS) is 19.8. The first-order valence-electron chi connectivity index (χ1n) is 6.88. The molecule has 1 aromatic rings. The maximum absolute atomic E-state index is 13.9. The highest BCUT2D eigenvalue weighted by Gasteiger charge is 2.25. The van der Waals surface area contributed by atoms with Gasteiger partial charge in [0.25, 0.3) is 0 Å². The van der Waals surface area contributed by atoms with Gasteiger partial charge in [0, 0.05) is 36.8 Å². The van der Waals surface area contributed by atoms with Gasteiger partial charge in [0.2, 0.25) is 0 Å². The van der Waals surface area contributed by atoms with E-state index in [-0.39, 0.29) is 17.6 Å². The fourth-order valence-electron chi connectivity index (χ4n) is 2.84. The lowest BCUT2D eigenvalue weighted by molar-refractivity contribution is 0.113. The number of phenolic OH excluding ortho intramolecular Hbond substituents is 1. The number of benzene rings is 1. The van der Waals surface area contributed by atoms with Gasteiger partial charge >= 0.3 is 0 Å². The molecule has 0 spiro atoms. The Hall–Kier alpha value is -1.13. The molecule has 1 aliphatic rings. The van der Waals surface area contributed by atoms with Crippen molar-refractivity contribution in [3.63, 3.8) is 0 Å². The van der Waals surface area contributed by atoms with Gasteiger partial charge in [0.05, 0.1) is 0 Å². The monoisotopic (exact) mass is 266 g/mol. The van der Waals surface area contributed by atoms with Crippen LogP contribution in [0.25, 0.3) is 0 Å². The molecule has 0 bridgehead atoms. The van der Waals surface area contributed by atoms with Crippen LogP contribution in [0.3, 0.4) is 0 Å². The van der Waals surface area contributed by atoms with Gasteiger partial charge in [-0.1, -0.05) is 6.07 Å². The van der Waals surface area contributed by atoms with Crippen molar-refractivity contribution in [3.8, 4) is 5.75 Å². The summed E-state index contributed by atoms with van der Waals surface area (Å²) in [5, 5.41) is 9.27. The summed E-state index contributed by atoms with van der Waals surface area (Å²) in [5.41, 5.74) is 0.668. The SMILES string of the molecule is CC(c1ccc(O)cc1F)N1CCC(N(C)C)CC1. The van der Waals surface area contributed by atoms with Crippen molar-refractivity contribution in [3.05, 3.63) is 29.6 Å². The van der Waals surface area contributed by atoms with Crippen molar-refractivity contribution in [2.45, 2.75) is 31.8 Å². The third-order valence-electron chi connectivity index (χ3n) is 4.21. The fourth-order valence-corrected chi connectivity index (χ4v) is 2.84. The molecule has 0 radical (unpaired) electrons. The van der Waals surface area contributed by atoms with Gasteiger partial charge in [-0.3, -0.25) is 4.90 Å². The van der Waals surface area contributed by atoms with Gasteiger partial charge in [0.1, 0.15) is 11.6 Å². The van der Waals surface area contributed by atoms with Gasteiger partial charge in [-0.15, -0.1) is 0 Å². The maximum atomic E-state index is 13.9. The standard InChI is InChI=1S/C15H23FN2O/c1-11(14-5-4-13(19)10-15(14)16)18-8-6-12(7-9-18)17(2)3/h4-5,10-12,19H,6-9H2,1-3H3. The molecule has 0 aromatic heterocycles. The van der Waals surface area contributed by atoms with E-state index in [0.717, 1.165) is 25.9 Å². The van der Waals surface area contributed by atoms with E-state index in [2.05, 4.69) is 23.9 Å². The minimum atomic E-state index is -0.317. The molecule has 2 rings (SSSR count). The highest BCUT2D eigenvalue weighted by atomic mass is 19.1. The predicted molar refractivity (Wildman–Crippen MR) is 74.8 cm³/mol. The van der Waals surface area contributed by atoms with Crippen molar-refractivity contribution in [1.82, 2.24) is 9.80 Å². The molecule has 1 unspecified atom stereocenters. The van der Waals surface area contributed by atoms with Gasteiger partial charge < -0.3 is 10.0 Å². The van der Waals surface area contributed by atoms with E-state index >= 15 is 0 Å². The maximum Gasteiger partial charge on any atom is 0.131 e. The van der Waals surface area contributed by atoms with Crippen LogP contribution in [0, 0.1) is 5.82 Å². The van der Waals surface area contributed by atoms with Crippen LogP contribution in [-0.4, -0.2) is 48.1 Å². The average molecular weight is 266 g/mol. The van der Waals surface area contributed by atoms with Crippen LogP contribution < -0.4 is 0 Å². The molecule has 0 saturated carbocycles. The van der Waals surface area contributed by atoms with Gasteiger partial charge in [-0.25, -0.2) is 4.39 Å². The topological polar surface area (TPSA) is 26.7 Å². The van der Waals surface area contributed by atoms with E-state index in [1.165, 1.54) is 6.07 Å². The number of hydrogen-bond acceptors (Lipinski definition) is 3. The molecule has 0 amide bonds. The van der Waals surface area contributed by atoms with E-state index in [4.69, 9.17) is 0 Å². The van der Waals surface area contributed by atoms with Crippen LogP contribution in [-0.2, 0) is 0 Å². The number of likely N-dealkylation sites (tertiary alicyclic amines) is 1.